The Morgan fingerprint density at radius 2 is 2.26 bits per heavy atom. The predicted molar refractivity (Wildman–Crippen MR) is 75.6 cm³/mol. The van der Waals surface area contributed by atoms with Crippen LogP contribution in [0.15, 0.2) is 0 Å². The van der Waals surface area contributed by atoms with Crippen LogP contribution in [0.1, 0.15) is 45.6 Å². The molecule has 5 nitrogen and oxygen atoms in total. The third kappa shape index (κ3) is 1.93. The lowest BCUT2D eigenvalue weighted by molar-refractivity contribution is -0.126. The van der Waals surface area contributed by atoms with Crippen molar-refractivity contribution in [2.45, 2.75) is 45.6 Å². The van der Waals surface area contributed by atoms with Crippen LogP contribution in [0.25, 0.3) is 0 Å². The van der Waals surface area contributed by atoms with Crippen molar-refractivity contribution < 1.29 is 4.79 Å². The van der Waals surface area contributed by atoms with Crippen molar-refractivity contribution in [2.75, 3.05) is 11.4 Å². The zero-order valence-corrected chi connectivity index (χ0v) is 12.2. The van der Waals surface area contributed by atoms with Crippen LogP contribution in [0.2, 0.25) is 0 Å². The summed E-state index contributed by atoms with van der Waals surface area (Å²) in [6.45, 7) is 5.05. The molecule has 1 aromatic heterocycles. The van der Waals surface area contributed by atoms with Gasteiger partial charge in [0.2, 0.25) is 11.9 Å². The van der Waals surface area contributed by atoms with Gasteiger partial charge in [0, 0.05) is 6.54 Å². The molecule has 1 aliphatic heterocycles. The van der Waals surface area contributed by atoms with E-state index < -0.39 is 0 Å². The highest BCUT2D eigenvalue weighted by atomic mass is 32.1. The van der Waals surface area contributed by atoms with Crippen LogP contribution < -0.4 is 4.90 Å². The fourth-order valence-corrected chi connectivity index (χ4v) is 3.71. The van der Waals surface area contributed by atoms with Crippen molar-refractivity contribution in [3.05, 3.63) is 4.77 Å². The van der Waals surface area contributed by atoms with Crippen molar-refractivity contribution in [3.8, 4) is 0 Å². The summed E-state index contributed by atoms with van der Waals surface area (Å²) in [5.74, 6) is 1.68. The monoisotopic (exact) mass is 280 g/mol. The molecule has 1 N–H and O–H groups in total. The maximum Gasteiger partial charge on any atom is 0.234 e. The second-order valence-electron chi connectivity index (χ2n) is 5.78. The fraction of sp³-hybridized carbons (Fsp3) is 0.769. The third-order valence-electron chi connectivity index (χ3n) is 4.37. The molecule has 0 radical (unpaired) electrons. The molecule has 2 heterocycles. The minimum absolute atomic E-state index is 0.0829. The molecule has 0 aromatic carbocycles. The quantitative estimate of drug-likeness (QED) is 0.847. The first-order valence-electron chi connectivity index (χ1n) is 7.11. The summed E-state index contributed by atoms with van der Waals surface area (Å²) in [4.78, 5) is 14.5. The lowest BCUT2D eigenvalue weighted by Gasteiger charge is -2.42. The zero-order chi connectivity index (χ0) is 13.6. The van der Waals surface area contributed by atoms with Gasteiger partial charge < -0.3 is 0 Å². The first kappa shape index (κ1) is 12.8. The van der Waals surface area contributed by atoms with E-state index in [1.807, 2.05) is 4.90 Å². The Kier molecular flexibility index (Phi) is 3.20. The minimum Gasteiger partial charge on any atom is -0.282 e. The number of hydrogen-bond acceptors (Lipinski definition) is 3. The van der Waals surface area contributed by atoms with Crippen LogP contribution >= 0.6 is 12.2 Å². The average Bonchev–Trinajstić information content (AvgIpc) is 2.76. The normalized spacial score (nSPS) is 30.1. The standard InChI is InChI=1S/C13H20N4OS/c1-3-6-16-11(18)9-5-4-8(2)7-10(9)17-12(16)14-15-13(17)19/h8-10H,3-7H2,1-2H3,(H,15,19)/t8-,9?,10?/m0/s1. The molecule has 19 heavy (non-hydrogen) atoms. The van der Waals surface area contributed by atoms with Gasteiger partial charge in [-0.1, -0.05) is 13.8 Å². The van der Waals surface area contributed by atoms with Gasteiger partial charge in [0.1, 0.15) is 0 Å². The van der Waals surface area contributed by atoms with Crippen molar-refractivity contribution in [2.24, 2.45) is 11.8 Å². The number of hydrogen-bond donors (Lipinski definition) is 1. The summed E-state index contributed by atoms with van der Waals surface area (Å²) in [6.07, 6.45) is 4.06. The van der Waals surface area contributed by atoms with Crippen molar-refractivity contribution in [1.82, 2.24) is 14.8 Å². The van der Waals surface area contributed by atoms with E-state index in [0.29, 0.717) is 16.6 Å². The first-order chi connectivity index (χ1) is 9.13. The summed E-state index contributed by atoms with van der Waals surface area (Å²) in [5, 5.41) is 7.13. The number of fused-ring (bicyclic) bond motifs is 3. The van der Waals surface area contributed by atoms with Gasteiger partial charge in [-0.3, -0.25) is 14.3 Å². The number of amides is 1. The Bertz CT molecular complexity index is 549. The number of nitrogens with one attached hydrogen (secondary N) is 1. The third-order valence-corrected chi connectivity index (χ3v) is 4.66. The van der Waals surface area contributed by atoms with Gasteiger partial charge in [-0.2, -0.15) is 0 Å². The van der Waals surface area contributed by atoms with Crippen LogP contribution in [0.4, 0.5) is 5.95 Å². The highest BCUT2D eigenvalue weighted by Crippen LogP contribution is 2.43. The van der Waals surface area contributed by atoms with E-state index in [1.54, 1.807) is 0 Å². The van der Waals surface area contributed by atoms with Crippen LogP contribution in [-0.2, 0) is 4.79 Å². The highest BCUT2D eigenvalue weighted by molar-refractivity contribution is 7.71. The molecule has 6 heteroatoms. The predicted octanol–water partition coefficient (Wildman–Crippen LogP) is 2.67. The summed E-state index contributed by atoms with van der Waals surface area (Å²) < 4.78 is 2.72. The maximum absolute atomic E-state index is 12.7. The first-order valence-corrected chi connectivity index (χ1v) is 7.52. The second-order valence-corrected chi connectivity index (χ2v) is 6.17. The smallest absolute Gasteiger partial charge is 0.234 e. The molecule has 1 saturated carbocycles. The Hall–Kier alpha value is -1.17. The number of aromatic nitrogens is 3. The Labute approximate surface area is 118 Å². The summed E-state index contributed by atoms with van der Waals surface area (Å²) in [6, 6.07) is 0.200. The van der Waals surface area contributed by atoms with Gasteiger partial charge in [-0.25, -0.2) is 5.10 Å². The molecule has 3 rings (SSSR count). The van der Waals surface area contributed by atoms with Gasteiger partial charge >= 0.3 is 0 Å². The Balaban J connectivity index is 2.08. The number of anilines is 1. The molecular formula is C13H20N4OS. The number of rotatable bonds is 2. The molecule has 1 aromatic rings. The van der Waals surface area contributed by atoms with E-state index in [4.69, 9.17) is 12.2 Å². The van der Waals surface area contributed by atoms with Gasteiger partial charge in [-0.05, 0) is 43.8 Å². The second kappa shape index (κ2) is 4.74. The number of carbonyl (C=O) groups excluding carboxylic acids is 1. The van der Waals surface area contributed by atoms with Gasteiger partial charge in [0.05, 0.1) is 12.0 Å². The molecular weight excluding hydrogens is 260 g/mol. The maximum atomic E-state index is 12.7. The fourth-order valence-electron chi connectivity index (χ4n) is 3.44. The molecule has 1 fully saturated rings. The Morgan fingerprint density at radius 3 is 3.00 bits per heavy atom. The zero-order valence-electron chi connectivity index (χ0n) is 11.4. The number of carbonyl (C=O) groups is 1. The number of nitrogens with zero attached hydrogens (tertiary/aromatic N) is 3. The van der Waals surface area contributed by atoms with Gasteiger partial charge in [0.25, 0.3) is 0 Å². The SMILES string of the molecule is CCCN1C(=O)C2CC[C@H](C)CC2n2c1n[nH]c2=S. The highest BCUT2D eigenvalue weighted by Gasteiger charge is 2.43. The molecule has 104 valence electrons. The molecule has 3 atom stereocenters. The van der Waals surface area contributed by atoms with Crippen molar-refractivity contribution in [1.29, 1.82) is 0 Å². The largest absolute Gasteiger partial charge is 0.282 e. The minimum atomic E-state index is 0.0829. The van der Waals surface area contributed by atoms with Crippen LogP contribution in [0.5, 0.6) is 0 Å². The molecule has 0 bridgehead atoms. The van der Waals surface area contributed by atoms with Crippen molar-refractivity contribution in [3.63, 3.8) is 0 Å². The number of H-pyrrole nitrogens is 1. The summed E-state index contributed by atoms with van der Waals surface area (Å²) >= 11 is 5.36. The summed E-state index contributed by atoms with van der Waals surface area (Å²) in [7, 11) is 0. The van der Waals surface area contributed by atoms with Crippen LogP contribution in [0, 0.1) is 16.6 Å². The lowest BCUT2D eigenvalue weighted by atomic mass is 9.77. The van der Waals surface area contributed by atoms with E-state index in [0.717, 1.165) is 32.2 Å². The van der Waals surface area contributed by atoms with Crippen molar-refractivity contribution >= 4 is 24.1 Å². The molecule has 1 amide bonds. The molecule has 2 unspecified atom stereocenters. The van der Waals surface area contributed by atoms with Crippen LogP contribution in [0.3, 0.4) is 0 Å². The molecule has 0 saturated heterocycles. The van der Waals surface area contributed by atoms with Gasteiger partial charge in [0.15, 0.2) is 4.77 Å². The van der Waals surface area contributed by atoms with E-state index in [-0.39, 0.29) is 17.9 Å². The molecule has 0 spiro atoms. The Morgan fingerprint density at radius 1 is 1.47 bits per heavy atom. The van der Waals surface area contributed by atoms with E-state index in [9.17, 15) is 4.79 Å². The van der Waals surface area contributed by atoms with Gasteiger partial charge in [-0.15, -0.1) is 5.10 Å². The van der Waals surface area contributed by atoms with E-state index >= 15 is 0 Å². The molecule has 1 aliphatic carbocycles. The number of aromatic amines is 1. The summed E-state index contributed by atoms with van der Waals surface area (Å²) in [5.41, 5.74) is 0. The lowest BCUT2D eigenvalue weighted by Crippen LogP contribution is -2.48. The van der Waals surface area contributed by atoms with E-state index in [2.05, 4.69) is 28.6 Å². The topological polar surface area (TPSA) is 53.9 Å². The van der Waals surface area contributed by atoms with Crippen LogP contribution in [-0.4, -0.2) is 27.2 Å². The molecule has 2 aliphatic rings. The average molecular weight is 280 g/mol. The van der Waals surface area contributed by atoms with E-state index in [1.165, 1.54) is 0 Å².